The molecule has 0 radical (unpaired) electrons. The second-order valence-corrected chi connectivity index (χ2v) is 7.19. The Bertz CT molecular complexity index is 519. The largest absolute Gasteiger partial charge is 0.314 e. The van der Waals surface area contributed by atoms with E-state index in [-0.39, 0.29) is 0 Å². The van der Waals surface area contributed by atoms with Crippen molar-refractivity contribution < 1.29 is 0 Å². The van der Waals surface area contributed by atoms with E-state index >= 15 is 0 Å². The lowest BCUT2D eigenvalue weighted by Crippen LogP contribution is -2.31. The highest BCUT2D eigenvalue weighted by Crippen LogP contribution is 2.16. The van der Waals surface area contributed by atoms with Crippen LogP contribution in [-0.2, 0) is 12.8 Å². The van der Waals surface area contributed by atoms with Crippen molar-refractivity contribution in [2.75, 3.05) is 6.54 Å². The third-order valence-electron chi connectivity index (χ3n) is 3.62. The van der Waals surface area contributed by atoms with E-state index in [1.165, 1.54) is 14.7 Å². The summed E-state index contributed by atoms with van der Waals surface area (Å²) in [5, 5.41) is 3.60. The normalized spacial score (nSPS) is 12.6. The molecule has 2 aromatic carbocycles. The van der Waals surface area contributed by atoms with Crippen molar-refractivity contribution in [3.8, 4) is 0 Å². The molecule has 1 unspecified atom stereocenters. The molecule has 1 nitrogen and oxygen atoms in total. The van der Waals surface area contributed by atoms with Crippen LogP contribution in [0, 0.1) is 9.49 Å². The number of hydrogen-bond donors (Lipinski definition) is 1. The van der Waals surface area contributed by atoms with E-state index in [9.17, 15) is 0 Å². The number of hydrogen-bond acceptors (Lipinski definition) is 1. The predicted octanol–water partition coefficient (Wildman–Crippen LogP) is 4.69. The molecule has 21 heavy (non-hydrogen) atoms. The van der Waals surface area contributed by atoms with Gasteiger partial charge in [-0.15, -0.1) is 0 Å². The Labute approximate surface area is 142 Å². The summed E-state index contributed by atoms with van der Waals surface area (Å²) in [6.07, 6.45) is 2.26. The summed E-state index contributed by atoms with van der Waals surface area (Å²) in [5.41, 5.74) is 2.86. The van der Waals surface area contributed by atoms with Gasteiger partial charge in [-0.05, 0) is 71.2 Å². The monoisotopic (exact) mass is 393 g/mol. The van der Waals surface area contributed by atoms with Crippen molar-refractivity contribution in [2.45, 2.75) is 32.7 Å². The molecule has 0 aromatic heterocycles. The molecule has 2 aromatic rings. The van der Waals surface area contributed by atoms with Gasteiger partial charge in [0.05, 0.1) is 0 Å². The van der Waals surface area contributed by atoms with Crippen molar-refractivity contribution in [2.24, 2.45) is 5.92 Å². The Morgan fingerprint density at radius 3 is 2.00 bits per heavy atom. The Balaban J connectivity index is 2.02. The summed E-state index contributed by atoms with van der Waals surface area (Å²) in [7, 11) is 0. The van der Waals surface area contributed by atoms with Crippen LogP contribution in [-0.4, -0.2) is 12.6 Å². The molecule has 0 spiro atoms. The molecule has 1 atom stereocenters. The predicted molar refractivity (Wildman–Crippen MR) is 99.6 cm³/mol. The van der Waals surface area contributed by atoms with Gasteiger partial charge < -0.3 is 5.32 Å². The van der Waals surface area contributed by atoms with E-state index in [1.807, 2.05) is 0 Å². The van der Waals surface area contributed by atoms with E-state index in [0.29, 0.717) is 12.0 Å². The number of benzene rings is 2. The fourth-order valence-electron chi connectivity index (χ4n) is 2.52. The van der Waals surface area contributed by atoms with Crippen LogP contribution < -0.4 is 5.32 Å². The summed E-state index contributed by atoms with van der Waals surface area (Å²) >= 11 is 2.36. The molecule has 0 saturated heterocycles. The third-order valence-corrected chi connectivity index (χ3v) is 4.34. The Morgan fingerprint density at radius 1 is 0.857 bits per heavy atom. The minimum Gasteiger partial charge on any atom is -0.314 e. The van der Waals surface area contributed by atoms with Gasteiger partial charge in [-0.2, -0.15) is 0 Å². The van der Waals surface area contributed by atoms with Gasteiger partial charge in [0.15, 0.2) is 0 Å². The lowest BCUT2D eigenvalue weighted by molar-refractivity contribution is 0.444. The van der Waals surface area contributed by atoms with Crippen LogP contribution in [0.3, 0.4) is 0 Å². The molecule has 0 aliphatic carbocycles. The number of halogens is 1. The van der Waals surface area contributed by atoms with Gasteiger partial charge in [0.2, 0.25) is 0 Å². The lowest BCUT2D eigenvalue weighted by atomic mass is 9.92. The van der Waals surface area contributed by atoms with Crippen molar-refractivity contribution >= 4 is 22.6 Å². The molecule has 0 fully saturated rings. The van der Waals surface area contributed by atoms with Crippen LogP contribution in [0.1, 0.15) is 25.0 Å². The first-order valence-corrected chi connectivity index (χ1v) is 8.73. The van der Waals surface area contributed by atoms with Crippen molar-refractivity contribution in [1.82, 2.24) is 5.32 Å². The zero-order valence-corrected chi connectivity index (χ0v) is 15.0. The summed E-state index contributed by atoms with van der Waals surface area (Å²) in [6, 6.07) is 20.3. The maximum Gasteiger partial charge on any atom is 0.0130 e. The Hall–Kier alpha value is -0.870. The fraction of sp³-hybridized carbons (Fsp3) is 0.368. The molecule has 0 aliphatic heterocycles. The summed E-state index contributed by atoms with van der Waals surface area (Å²) < 4.78 is 1.30. The first kappa shape index (κ1) is 16.5. The first-order chi connectivity index (χ1) is 10.1. The smallest absolute Gasteiger partial charge is 0.0130 e. The van der Waals surface area contributed by atoms with Gasteiger partial charge in [-0.1, -0.05) is 56.3 Å². The third kappa shape index (κ3) is 6.18. The fourth-order valence-corrected chi connectivity index (χ4v) is 2.88. The van der Waals surface area contributed by atoms with E-state index < -0.39 is 0 Å². The van der Waals surface area contributed by atoms with E-state index in [1.54, 1.807) is 0 Å². The van der Waals surface area contributed by atoms with Crippen molar-refractivity contribution in [3.05, 3.63) is 69.3 Å². The number of rotatable bonds is 7. The van der Waals surface area contributed by atoms with Gasteiger partial charge in [-0.3, -0.25) is 0 Å². The molecule has 0 heterocycles. The second kappa shape index (κ2) is 8.54. The molecular formula is C19H24IN. The Morgan fingerprint density at radius 2 is 1.43 bits per heavy atom. The topological polar surface area (TPSA) is 12.0 Å². The Kier molecular flexibility index (Phi) is 6.71. The van der Waals surface area contributed by atoms with E-state index in [2.05, 4.69) is 96.4 Å². The lowest BCUT2D eigenvalue weighted by Gasteiger charge is -2.20. The van der Waals surface area contributed by atoms with E-state index in [0.717, 1.165) is 19.4 Å². The maximum atomic E-state index is 3.60. The molecule has 0 saturated carbocycles. The van der Waals surface area contributed by atoms with Crippen LogP contribution in [0.25, 0.3) is 0 Å². The second-order valence-electron chi connectivity index (χ2n) is 5.95. The molecule has 112 valence electrons. The van der Waals surface area contributed by atoms with Crippen LogP contribution >= 0.6 is 22.6 Å². The molecule has 0 aliphatic rings. The van der Waals surface area contributed by atoms with Gasteiger partial charge in [0.1, 0.15) is 0 Å². The zero-order chi connectivity index (χ0) is 15.1. The van der Waals surface area contributed by atoms with Gasteiger partial charge in [-0.25, -0.2) is 0 Å². The number of nitrogens with one attached hydrogen (secondary N) is 1. The van der Waals surface area contributed by atoms with Gasteiger partial charge in [0, 0.05) is 9.61 Å². The van der Waals surface area contributed by atoms with Gasteiger partial charge >= 0.3 is 0 Å². The molecule has 2 heteroatoms. The average Bonchev–Trinajstić information content (AvgIpc) is 2.48. The minimum atomic E-state index is 0.542. The summed E-state index contributed by atoms with van der Waals surface area (Å²) in [4.78, 5) is 0. The quantitative estimate of drug-likeness (QED) is 0.673. The zero-order valence-electron chi connectivity index (χ0n) is 12.9. The molecule has 0 bridgehead atoms. The highest BCUT2D eigenvalue weighted by molar-refractivity contribution is 14.1. The van der Waals surface area contributed by atoms with Crippen LogP contribution in [0.4, 0.5) is 0 Å². The average molecular weight is 393 g/mol. The van der Waals surface area contributed by atoms with Crippen molar-refractivity contribution in [1.29, 1.82) is 0 Å². The highest BCUT2D eigenvalue weighted by Gasteiger charge is 2.11. The summed E-state index contributed by atoms with van der Waals surface area (Å²) in [6.45, 7) is 5.49. The first-order valence-electron chi connectivity index (χ1n) is 7.65. The highest BCUT2D eigenvalue weighted by atomic mass is 127. The summed E-state index contributed by atoms with van der Waals surface area (Å²) in [5.74, 6) is 0.634. The van der Waals surface area contributed by atoms with Crippen LogP contribution in [0.5, 0.6) is 0 Å². The standard InChI is InChI=1S/C19H24IN/c1-15(2)21-14-18(12-16-6-4-3-5-7-16)13-17-8-10-19(20)11-9-17/h3-11,15,18,21H,12-14H2,1-2H3. The van der Waals surface area contributed by atoms with Crippen molar-refractivity contribution in [3.63, 3.8) is 0 Å². The maximum absolute atomic E-state index is 3.60. The minimum absolute atomic E-state index is 0.542. The molecule has 2 rings (SSSR count). The SMILES string of the molecule is CC(C)NCC(Cc1ccccc1)Cc1ccc(I)cc1. The van der Waals surface area contributed by atoms with Crippen LogP contribution in [0.2, 0.25) is 0 Å². The van der Waals surface area contributed by atoms with E-state index in [4.69, 9.17) is 0 Å². The molecule has 0 amide bonds. The van der Waals surface area contributed by atoms with Crippen LogP contribution in [0.15, 0.2) is 54.6 Å². The molecular weight excluding hydrogens is 369 g/mol. The molecule has 1 N–H and O–H groups in total. The van der Waals surface area contributed by atoms with Gasteiger partial charge in [0.25, 0.3) is 0 Å².